The van der Waals surface area contributed by atoms with Gasteiger partial charge >= 0.3 is 5.97 Å². The molecule has 0 radical (unpaired) electrons. The van der Waals surface area contributed by atoms with Crippen molar-refractivity contribution in [1.82, 2.24) is 4.31 Å². The van der Waals surface area contributed by atoms with Crippen LogP contribution in [0.25, 0.3) is 0 Å². The lowest BCUT2D eigenvalue weighted by molar-refractivity contribution is -0.142. The first-order valence-corrected chi connectivity index (χ1v) is 8.95. The molecule has 2 fully saturated rings. The van der Waals surface area contributed by atoms with Crippen LogP contribution in [-0.4, -0.2) is 48.7 Å². The summed E-state index contributed by atoms with van der Waals surface area (Å²) in [6, 6.07) is 0.222. The van der Waals surface area contributed by atoms with Crippen LogP contribution in [0.15, 0.2) is 0 Å². The predicted molar refractivity (Wildman–Crippen MR) is 75.7 cm³/mol. The van der Waals surface area contributed by atoms with Crippen molar-refractivity contribution in [2.24, 2.45) is 17.6 Å². The smallest absolute Gasteiger partial charge is 0.306 e. The van der Waals surface area contributed by atoms with Gasteiger partial charge in [0.1, 0.15) is 0 Å². The molecule has 1 aliphatic carbocycles. The van der Waals surface area contributed by atoms with Crippen LogP contribution in [0.2, 0.25) is 0 Å². The van der Waals surface area contributed by atoms with E-state index in [1.54, 1.807) is 0 Å². The summed E-state index contributed by atoms with van der Waals surface area (Å²) in [5, 5.41) is 8.93. The van der Waals surface area contributed by atoms with Gasteiger partial charge in [-0.3, -0.25) is 4.79 Å². The molecule has 3 N–H and O–H groups in total. The van der Waals surface area contributed by atoms with Crippen LogP contribution in [0.3, 0.4) is 0 Å². The Morgan fingerprint density at radius 2 is 1.65 bits per heavy atom. The maximum atomic E-state index is 12.4. The second-order valence-electron chi connectivity index (χ2n) is 6.07. The number of rotatable bonds is 4. The van der Waals surface area contributed by atoms with Gasteiger partial charge in [0, 0.05) is 19.1 Å². The number of carboxylic acid groups (broad SMARTS) is 1. The summed E-state index contributed by atoms with van der Waals surface area (Å²) in [6.07, 6.45) is 4.41. The summed E-state index contributed by atoms with van der Waals surface area (Å²) in [6.45, 7) is 0.678. The number of piperidine rings is 1. The first kappa shape index (κ1) is 15.7. The van der Waals surface area contributed by atoms with Gasteiger partial charge in [-0.1, -0.05) is 0 Å². The summed E-state index contributed by atoms with van der Waals surface area (Å²) in [5.74, 6) is -0.813. The number of nitrogens with two attached hydrogens (primary N) is 1. The van der Waals surface area contributed by atoms with E-state index in [0.29, 0.717) is 25.9 Å². The molecule has 1 saturated heterocycles. The summed E-state index contributed by atoms with van der Waals surface area (Å²) in [5.41, 5.74) is 5.83. The van der Waals surface area contributed by atoms with Gasteiger partial charge in [-0.2, -0.15) is 0 Å². The van der Waals surface area contributed by atoms with Gasteiger partial charge in [0.05, 0.1) is 11.7 Å². The number of hydrogen-bond acceptors (Lipinski definition) is 4. The SMILES string of the molecule is NC1CCC(CS(=O)(=O)N2CCC(C(=O)O)CC2)CC1. The van der Waals surface area contributed by atoms with Crippen LogP contribution in [-0.2, 0) is 14.8 Å². The van der Waals surface area contributed by atoms with E-state index in [9.17, 15) is 13.2 Å². The Labute approximate surface area is 120 Å². The zero-order chi connectivity index (χ0) is 14.8. The molecular weight excluding hydrogens is 280 g/mol. The standard InChI is InChI=1S/C13H24N2O4S/c14-12-3-1-10(2-4-12)9-20(18,19)15-7-5-11(6-8-15)13(16)17/h10-12H,1-9,14H2,(H,16,17). The second-order valence-corrected chi connectivity index (χ2v) is 8.08. The highest BCUT2D eigenvalue weighted by Gasteiger charge is 2.33. The van der Waals surface area contributed by atoms with Crippen LogP contribution in [0.5, 0.6) is 0 Å². The molecule has 0 aromatic rings. The molecule has 116 valence electrons. The van der Waals surface area contributed by atoms with Gasteiger partial charge < -0.3 is 10.8 Å². The zero-order valence-corrected chi connectivity index (χ0v) is 12.5. The van der Waals surface area contributed by atoms with E-state index in [-0.39, 0.29) is 17.7 Å². The molecule has 0 bridgehead atoms. The molecule has 7 heteroatoms. The minimum Gasteiger partial charge on any atom is -0.481 e. The number of carbonyl (C=O) groups is 1. The van der Waals surface area contributed by atoms with E-state index in [4.69, 9.17) is 10.8 Å². The molecule has 0 aromatic heterocycles. The Bertz CT molecular complexity index is 435. The molecule has 2 aliphatic rings. The molecule has 1 saturated carbocycles. The van der Waals surface area contributed by atoms with Crippen molar-refractivity contribution in [1.29, 1.82) is 0 Å². The summed E-state index contributed by atoms with van der Waals surface area (Å²) in [7, 11) is -3.25. The average molecular weight is 304 g/mol. The minimum absolute atomic E-state index is 0.192. The zero-order valence-electron chi connectivity index (χ0n) is 11.7. The van der Waals surface area contributed by atoms with E-state index >= 15 is 0 Å². The fraction of sp³-hybridized carbons (Fsp3) is 0.923. The van der Waals surface area contributed by atoms with Gasteiger partial charge in [-0.05, 0) is 44.4 Å². The Morgan fingerprint density at radius 3 is 2.15 bits per heavy atom. The number of aliphatic carboxylic acids is 1. The van der Waals surface area contributed by atoms with Crippen LogP contribution in [0, 0.1) is 11.8 Å². The predicted octanol–water partition coefficient (Wildman–Crippen LogP) is 0.630. The highest BCUT2D eigenvalue weighted by Crippen LogP contribution is 2.27. The first-order chi connectivity index (χ1) is 9.38. The van der Waals surface area contributed by atoms with Crippen molar-refractivity contribution in [2.75, 3.05) is 18.8 Å². The molecule has 0 spiro atoms. The van der Waals surface area contributed by atoms with Gasteiger partial charge in [0.2, 0.25) is 10.0 Å². The lowest BCUT2D eigenvalue weighted by Crippen LogP contribution is -2.43. The third-order valence-corrected chi connectivity index (χ3v) is 6.58. The number of nitrogens with zero attached hydrogens (tertiary/aromatic N) is 1. The normalized spacial score (nSPS) is 30.2. The quantitative estimate of drug-likeness (QED) is 0.793. The highest BCUT2D eigenvalue weighted by molar-refractivity contribution is 7.89. The average Bonchev–Trinajstić information content (AvgIpc) is 2.41. The minimum atomic E-state index is -3.25. The summed E-state index contributed by atoms with van der Waals surface area (Å²) >= 11 is 0. The third kappa shape index (κ3) is 3.93. The van der Waals surface area contributed by atoms with Gasteiger partial charge in [-0.25, -0.2) is 12.7 Å². The van der Waals surface area contributed by atoms with Crippen molar-refractivity contribution in [2.45, 2.75) is 44.6 Å². The van der Waals surface area contributed by atoms with E-state index in [1.165, 1.54) is 4.31 Å². The summed E-state index contributed by atoms with van der Waals surface area (Å²) in [4.78, 5) is 10.9. The fourth-order valence-corrected chi connectivity index (χ4v) is 5.05. The highest BCUT2D eigenvalue weighted by atomic mass is 32.2. The number of hydrogen-bond donors (Lipinski definition) is 2. The third-order valence-electron chi connectivity index (χ3n) is 4.53. The van der Waals surface area contributed by atoms with E-state index in [1.807, 2.05) is 0 Å². The van der Waals surface area contributed by atoms with Crippen LogP contribution < -0.4 is 5.73 Å². The van der Waals surface area contributed by atoms with Crippen LogP contribution >= 0.6 is 0 Å². The van der Waals surface area contributed by atoms with Gasteiger partial charge in [-0.15, -0.1) is 0 Å². The molecule has 1 heterocycles. The lowest BCUT2D eigenvalue weighted by atomic mass is 9.88. The first-order valence-electron chi connectivity index (χ1n) is 7.34. The van der Waals surface area contributed by atoms with E-state index < -0.39 is 21.9 Å². The van der Waals surface area contributed by atoms with E-state index in [2.05, 4.69) is 0 Å². The Morgan fingerprint density at radius 1 is 1.10 bits per heavy atom. The summed E-state index contributed by atoms with van der Waals surface area (Å²) < 4.78 is 26.2. The second kappa shape index (κ2) is 6.41. The van der Waals surface area contributed by atoms with Gasteiger partial charge in [0.15, 0.2) is 0 Å². The molecule has 6 nitrogen and oxygen atoms in total. The molecule has 0 unspecified atom stereocenters. The Hall–Kier alpha value is -0.660. The lowest BCUT2D eigenvalue weighted by Gasteiger charge is -2.32. The van der Waals surface area contributed by atoms with Gasteiger partial charge in [0.25, 0.3) is 0 Å². The van der Waals surface area contributed by atoms with Crippen molar-refractivity contribution in [3.63, 3.8) is 0 Å². The molecule has 1 aliphatic heterocycles. The van der Waals surface area contributed by atoms with Crippen LogP contribution in [0.4, 0.5) is 0 Å². The largest absolute Gasteiger partial charge is 0.481 e. The van der Waals surface area contributed by atoms with Crippen molar-refractivity contribution >= 4 is 16.0 Å². The molecular formula is C13H24N2O4S. The Kier molecular flexibility index (Phi) is 5.04. The van der Waals surface area contributed by atoms with E-state index in [0.717, 1.165) is 25.7 Å². The maximum Gasteiger partial charge on any atom is 0.306 e. The fourth-order valence-electron chi connectivity index (χ4n) is 3.14. The monoisotopic (exact) mass is 304 g/mol. The Balaban J connectivity index is 1.86. The molecule has 0 amide bonds. The topological polar surface area (TPSA) is 101 Å². The maximum absolute atomic E-state index is 12.4. The molecule has 2 rings (SSSR count). The molecule has 0 atom stereocenters. The number of carboxylic acids is 1. The van der Waals surface area contributed by atoms with Crippen molar-refractivity contribution in [3.8, 4) is 0 Å². The van der Waals surface area contributed by atoms with Crippen molar-refractivity contribution < 1.29 is 18.3 Å². The molecule has 20 heavy (non-hydrogen) atoms. The van der Waals surface area contributed by atoms with Crippen LogP contribution in [0.1, 0.15) is 38.5 Å². The van der Waals surface area contributed by atoms with Crippen molar-refractivity contribution in [3.05, 3.63) is 0 Å². The molecule has 0 aromatic carbocycles. The number of sulfonamides is 1.